The summed E-state index contributed by atoms with van der Waals surface area (Å²) in [4.78, 5) is 16.9. The molecule has 5 nitrogen and oxygen atoms in total. The van der Waals surface area contributed by atoms with Gasteiger partial charge in [0.2, 0.25) is 5.91 Å². The number of aromatic nitrogens is 2. The molecular weight excluding hydrogens is 300 g/mol. The molecule has 5 heteroatoms. The minimum absolute atomic E-state index is 0.282. The molecule has 1 aromatic heterocycles. The lowest BCUT2D eigenvalue weighted by molar-refractivity contribution is -0.131. The predicted octanol–water partition coefficient (Wildman–Crippen LogP) is 2.62. The van der Waals surface area contributed by atoms with E-state index in [-0.39, 0.29) is 5.91 Å². The number of likely N-dealkylation sites (tertiary alicyclic amines) is 1. The Morgan fingerprint density at radius 2 is 2.21 bits per heavy atom. The number of piperidine rings is 1. The highest BCUT2D eigenvalue weighted by atomic mass is 16.2. The van der Waals surface area contributed by atoms with Crippen molar-refractivity contribution in [2.75, 3.05) is 27.2 Å². The number of aryl methyl sites for hydroxylation is 1. The van der Waals surface area contributed by atoms with E-state index in [1.165, 1.54) is 18.4 Å². The topological polar surface area (TPSA) is 41.4 Å². The normalized spacial score (nSPS) is 27.5. The van der Waals surface area contributed by atoms with E-state index in [9.17, 15) is 4.79 Å². The van der Waals surface area contributed by atoms with Gasteiger partial charge in [-0.1, -0.05) is 12.2 Å². The molecule has 2 heterocycles. The summed E-state index contributed by atoms with van der Waals surface area (Å²) in [5.41, 5.74) is 1.27. The molecule has 1 saturated heterocycles. The van der Waals surface area contributed by atoms with Crippen LogP contribution in [0.3, 0.4) is 0 Å². The molecule has 0 saturated carbocycles. The van der Waals surface area contributed by atoms with Crippen LogP contribution in [0.25, 0.3) is 0 Å². The Balaban J connectivity index is 1.64. The van der Waals surface area contributed by atoms with Gasteiger partial charge in [-0.15, -0.1) is 0 Å². The van der Waals surface area contributed by atoms with E-state index in [0.29, 0.717) is 24.3 Å². The first-order valence-electron chi connectivity index (χ1n) is 9.14. The maximum absolute atomic E-state index is 12.6. The Kier molecular flexibility index (Phi) is 5.39. The second-order valence-electron chi connectivity index (χ2n) is 7.52. The lowest BCUT2D eigenvalue weighted by atomic mass is 9.85. The van der Waals surface area contributed by atoms with Crippen LogP contribution in [-0.4, -0.2) is 52.7 Å². The first kappa shape index (κ1) is 17.2. The first-order valence-corrected chi connectivity index (χ1v) is 9.14. The number of allylic oxidation sites excluding steroid dienone is 2. The molecule has 1 fully saturated rings. The summed E-state index contributed by atoms with van der Waals surface area (Å²) in [5.74, 6) is 1.20. The van der Waals surface area contributed by atoms with Crippen molar-refractivity contribution in [3.05, 3.63) is 30.1 Å². The number of amides is 1. The standard InChI is InChI=1S/C19H30N4O/c1-21-10-6-9-16(19(21)17-12-20-23(3)14-17)13-22(2)18(24)11-15-7-4-5-8-15/h4,7,12,14-16,19H,5-6,8-11,13H2,1-3H3/t15?,16-,19+/m0/s1. The first-order chi connectivity index (χ1) is 11.5. The van der Waals surface area contributed by atoms with Gasteiger partial charge < -0.3 is 4.90 Å². The second kappa shape index (κ2) is 7.51. The van der Waals surface area contributed by atoms with E-state index < -0.39 is 0 Å². The number of hydrogen-bond acceptors (Lipinski definition) is 3. The van der Waals surface area contributed by atoms with Crippen LogP contribution < -0.4 is 0 Å². The second-order valence-corrected chi connectivity index (χ2v) is 7.52. The third-order valence-corrected chi connectivity index (χ3v) is 5.56. The summed E-state index contributed by atoms with van der Waals surface area (Å²) in [6.07, 6.45) is 13.8. The lowest BCUT2D eigenvalue weighted by Gasteiger charge is -2.40. The van der Waals surface area contributed by atoms with Crippen LogP contribution in [0.1, 0.15) is 43.7 Å². The van der Waals surface area contributed by atoms with Crippen molar-refractivity contribution in [2.45, 2.75) is 38.1 Å². The maximum atomic E-state index is 12.6. The van der Waals surface area contributed by atoms with Gasteiger partial charge in [-0.05, 0) is 51.1 Å². The number of carbonyl (C=O) groups is 1. The molecule has 132 valence electrons. The van der Waals surface area contributed by atoms with Crippen LogP contribution in [0.2, 0.25) is 0 Å². The average Bonchev–Trinajstić information content (AvgIpc) is 3.19. The molecule has 3 atom stereocenters. The van der Waals surface area contributed by atoms with Crippen molar-refractivity contribution >= 4 is 5.91 Å². The van der Waals surface area contributed by atoms with Crippen molar-refractivity contribution in [1.82, 2.24) is 19.6 Å². The summed E-state index contributed by atoms with van der Waals surface area (Å²) >= 11 is 0. The minimum Gasteiger partial charge on any atom is -0.345 e. The molecular formula is C19H30N4O. The highest BCUT2D eigenvalue weighted by Gasteiger charge is 2.33. The van der Waals surface area contributed by atoms with Crippen LogP contribution in [0.15, 0.2) is 24.5 Å². The summed E-state index contributed by atoms with van der Waals surface area (Å²) in [6, 6.07) is 0.356. The SMILES string of the molecule is CN(C[C@@H]1CCCN(C)[C@H]1c1cnn(C)c1)C(=O)CC1C=CCC1. The molecule has 24 heavy (non-hydrogen) atoms. The molecule has 0 N–H and O–H groups in total. The van der Waals surface area contributed by atoms with Gasteiger partial charge in [0.1, 0.15) is 0 Å². The number of rotatable bonds is 5. The van der Waals surface area contributed by atoms with E-state index in [1.54, 1.807) is 0 Å². The zero-order valence-corrected chi connectivity index (χ0v) is 15.2. The predicted molar refractivity (Wildman–Crippen MR) is 95.4 cm³/mol. The summed E-state index contributed by atoms with van der Waals surface area (Å²) in [6.45, 7) is 1.94. The third kappa shape index (κ3) is 3.89. The van der Waals surface area contributed by atoms with E-state index >= 15 is 0 Å². The lowest BCUT2D eigenvalue weighted by Crippen LogP contribution is -2.42. The molecule has 0 bridgehead atoms. The highest BCUT2D eigenvalue weighted by molar-refractivity contribution is 5.76. The molecule has 0 aromatic carbocycles. The van der Waals surface area contributed by atoms with Crippen LogP contribution in [0.4, 0.5) is 0 Å². The smallest absolute Gasteiger partial charge is 0.222 e. The molecule has 0 radical (unpaired) electrons. The molecule has 3 rings (SSSR count). The van der Waals surface area contributed by atoms with Gasteiger partial charge in [-0.2, -0.15) is 5.10 Å². The molecule has 2 aliphatic rings. The van der Waals surface area contributed by atoms with Gasteiger partial charge in [-0.3, -0.25) is 14.4 Å². The fourth-order valence-electron chi connectivity index (χ4n) is 4.27. The highest BCUT2D eigenvalue weighted by Crippen LogP contribution is 2.35. The van der Waals surface area contributed by atoms with E-state index in [0.717, 1.165) is 25.9 Å². The third-order valence-electron chi connectivity index (χ3n) is 5.56. The summed E-state index contributed by atoms with van der Waals surface area (Å²) < 4.78 is 1.87. The van der Waals surface area contributed by atoms with E-state index in [4.69, 9.17) is 0 Å². The fourth-order valence-corrected chi connectivity index (χ4v) is 4.27. The summed E-state index contributed by atoms with van der Waals surface area (Å²) in [7, 11) is 6.12. The summed E-state index contributed by atoms with van der Waals surface area (Å²) in [5, 5.41) is 4.35. The zero-order valence-electron chi connectivity index (χ0n) is 15.2. The Morgan fingerprint density at radius 3 is 2.88 bits per heavy atom. The van der Waals surface area contributed by atoms with Gasteiger partial charge >= 0.3 is 0 Å². The fraction of sp³-hybridized carbons (Fsp3) is 0.684. The monoisotopic (exact) mass is 330 g/mol. The van der Waals surface area contributed by atoms with Crippen molar-refractivity contribution in [3.8, 4) is 0 Å². The average molecular weight is 330 g/mol. The van der Waals surface area contributed by atoms with E-state index in [1.807, 2.05) is 29.9 Å². The Bertz CT molecular complexity index is 594. The number of carbonyl (C=O) groups excluding carboxylic acids is 1. The maximum Gasteiger partial charge on any atom is 0.222 e. The van der Waals surface area contributed by atoms with Gasteiger partial charge in [0, 0.05) is 44.9 Å². The van der Waals surface area contributed by atoms with Gasteiger partial charge in [-0.25, -0.2) is 0 Å². The van der Waals surface area contributed by atoms with Crippen LogP contribution in [-0.2, 0) is 11.8 Å². The molecule has 1 unspecified atom stereocenters. The van der Waals surface area contributed by atoms with Crippen molar-refractivity contribution < 1.29 is 4.79 Å². The Hall–Kier alpha value is -1.62. The molecule has 1 amide bonds. The van der Waals surface area contributed by atoms with Crippen LogP contribution in [0.5, 0.6) is 0 Å². The molecule has 1 aliphatic heterocycles. The van der Waals surface area contributed by atoms with Gasteiger partial charge in [0.25, 0.3) is 0 Å². The quantitative estimate of drug-likeness (QED) is 0.779. The Labute approximate surface area is 145 Å². The van der Waals surface area contributed by atoms with Crippen molar-refractivity contribution in [1.29, 1.82) is 0 Å². The zero-order chi connectivity index (χ0) is 17.1. The number of nitrogens with zero attached hydrogens (tertiary/aromatic N) is 4. The molecule has 0 spiro atoms. The number of hydrogen-bond donors (Lipinski definition) is 0. The Morgan fingerprint density at radius 1 is 1.38 bits per heavy atom. The molecule has 1 aromatic rings. The van der Waals surface area contributed by atoms with Gasteiger partial charge in [0.15, 0.2) is 0 Å². The van der Waals surface area contributed by atoms with Crippen molar-refractivity contribution in [2.24, 2.45) is 18.9 Å². The van der Waals surface area contributed by atoms with Crippen molar-refractivity contribution in [3.63, 3.8) is 0 Å². The van der Waals surface area contributed by atoms with Gasteiger partial charge in [0.05, 0.1) is 6.20 Å². The largest absolute Gasteiger partial charge is 0.345 e. The van der Waals surface area contributed by atoms with Crippen LogP contribution >= 0.6 is 0 Å². The minimum atomic E-state index is 0.282. The van der Waals surface area contributed by atoms with Crippen LogP contribution in [0, 0.1) is 11.8 Å². The van der Waals surface area contributed by atoms with E-state index in [2.05, 4.69) is 35.4 Å². The molecule has 1 aliphatic carbocycles.